The van der Waals surface area contributed by atoms with Gasteiger partial charge in [0.25, 0.3) is 5.69 Å². The van der Waals surface area contributed by atoms with Crippen LogP contribution < -0.4 is 5.32 Å². The van der Waals surface area contributed by atoms with Crippen LogP contribution in [-0.4, -0.2) is 16.5 Å². The second-order valence-corrected chi connectivity index (χ2v) is 4.06. The molecule has 1 aliphatic rings. The molecule has 1 heterocycles. The molecule has 0 spiro atoms. The molecule has 1 fully saturated rings. The van der Waals surface area contributed by atoms with Gasteiger partial charge in [0.2, 0.25) is 0 Å². The van der Waals surface area contributed by atoms with Crippen molar-refractivity contribution in [2.45, 2.75) is 32.1 Å². The van der Waals surface area contributed by atoms with Gasteiger partial charge in [-0.2, -0.15) is 0 Å². The molecule has 0 aliphatic heterocycles. The SMILES string of the molecule is CCCNc1ccc([N+](=O)[O-])c(C2CC2)n1. The third-order valence-corrected chi connectivity index (χ3v) is 2.62. The standard InChI is InChI=1S/C11H15N3O2/c1-2-7-12-10-6-5-9(14(15)16)11(13-10)8-3-4-8/h5-6,8H,2-4,7H2,1H3,(H,12,13). The summed E-state index contributed by atoms with van der Waals surface area (Å²) in [6.07, 6.45) is 3.05. The maximum atomic E-state index is 10.8. The minimum atomic E-state index is -0.343. The monoisotopic (exact) mass is 221 g/mol. The van der Waals surface area contributed by atoms with E-state index in [2.05, 4.69) is 17.2 Å². The van der Waals surface area contributed by atoms with E-state index in [1.807, 2.05) is 0 Å². The van der Waals surface area contributed by atoms with Crippen molar-refractivity contribution in [1.29, 1.82) is 0 Å². The zero-order valence-electron chi connectivity index (χ0n) is 9.27. The van der Waals surface area contributed by atoms with Gasteiger partial charge in [0.15, 0.2) is 0 Å². The predicted octanol–water partition coefficient (Wildman–Crippen LogP) is 2.69. The highest BCUT2D eigenvalue weighted by atomic mass is 16.6. The van der Waals surface area contributed by atoms with Crippen molar-refractivity contribution in [1.82, 2.24) is 4.98 Å². The van der Waals surface area contributed by atoms with Gasteiger partial charge in [-0.1, -0.05) is 6.92 Å². The smallest absolute Gasteiger partial charge is 0.291 e. The highest BCUT2D eigenvalue weighted by Crippen LogP contribution is 2.43. The number of nitrogens with one attached hydrogen (secondary N) is 1. The molecule has 0 saturated heterocycles. The van der Waals surface area contributed by atoms with Gasteiger partial charge in [0, 0.05) is 18.5 Å². The Labute approximate surface area is 94.0 Å². The van der Waals surface area contributed by atoms with Gasteiger partial charge in [-0.05, 0) is 25.3 Å². The van der Waals surface area contributed by atoms with Crippen LogP contribution in [0.1, 0.15) is 37.8 Å². The van der Waals surface area contributed by atoms with Crippen LogP contribution in [0, 0.1) is 10.1 Å². The normalized spacial score (nSPS) is 14.8. The zero-order chi connectivity index (χ0) is 11.5. The third kappa shape index (κ3) is 2.29. The van der Waals surface area contributed by atoms with Crippen LogP contribution in [0.4, 0.5) is 11.5 Å². The first-order valence-corrected chi connectivity index (χ1v) is 5.61. The Morgan fingerprint density at radius 3 is 2.88 bits per heavy atom. The number of nitro groups is 1. The zero-order valence-corrected chi connectivity index (χ0v) is 9.27. The summed E-state index contributed by atoms with van der Waals surface area (Å²) < 4.78 is 0. The summed E-state index contributed by atoms with van der Waals surface area (Å²) in [5, 5.41) is 14.0. The number of pyridine rings is 1. The maximum Gasteiger partial charge on any atom is 0.291 e. The number of nitrogens with zero attached hydrogens (tertiary/aromatic N) is 2. The molecule has 5 nitrogen and oxygen atoms in total. The molecule has 1 N–H and O–H groups in total. The minimum Gasteiger partial charge on any atom is -0.370 e. The highest BCUT2D eigenvalue weighted by molar-refractivity contribution is 5.47. The van der Waals surface area contributed by atoms with E-state index in [-0.39, 0.29) is 10.6 Å². The molecule has 0 aromatic carbocycles. The lowest BCUT2D eigenvalue weighted by Crippen LogP contribution is -2.05. The number of rotatable bonds is 5. The van der Waals surface area contributed by atoms with Crippen molar-refractivity contribution in [2.24, 2.45) is 0 Å². The number of hydrogen-bond donors (Lipinski definition) is 1. The van der Waals surface area contributed by atoms with E-state index in [1.54, 1.807) is 12.1 Å². The van der Waals surface area contributed by atoms with Crippen molar-refractivity contribution < 1.29 is 4.92 Å². The Hall–Kier alpha value is -1.65. The van der Waals surface area contributed by atoms with Crippen molar-refractivity contribution in [3.63, 3.8) is 0 Å². The summed E-state index contributed by atoms with van der Waals surface area (Å²) in [4.78, 5) is 14.8. The molecule has 16 heavy (non-hydrogen) atoms. The minimum absolute atomic E-state index is 0.157. The lowest BCUT2D eigenvalue weighted by Gasteiger charge is -2.06. The van der Waals surface area contributed by atoms with Gasteiger partial charge in [0.1, 0.15) is 11.5 Å². The number of hydrogen-bond acceptors (Lipinski definition) is 4. The fourth-order valence-corrected chi connectivity index (χ4v) is 1.63. The van der Waals surface area contributed by atoms with Gasteiger partial charge < -0.3 is 5.32 Å². The van der Waals surface area contributed by atoms with E-state index in [9.17, 15) is 10.1 Å². The molecule has 86 valence electrons. The van der Waals surface area contributed by atoms with E-state index in [1.165, 1.54) is 0 Å². The lowest BCUT2D eigenvalue weighted by atomic mass is 10.2. The molecule has 0 bridgehead atoms. The van der Waals surface area contributed by atoms with Crippen molar-refractivity contribution in [3.8, 4) is 0 Å². The van der Waals surface area contributed by atoms with E-state index in [0.717, 1.165) is 31.6 Å². The lowest BCUT2D eigenvalue weighted by molar-refractivity contribution is -0.385. The van der Waals surface area contributed by atoms with E-state index >= 15 is 0 Å². The van der Waals surface area contributed by atoms with Crippen LogP contribution >= 0.6 is 0 Å². The maximum absolute atomic E-state index is 10.8. The van der Waals surface area contributed by atoms with E-state index in [4.69, 9.17) is 0 Å². The molecule has 0 amide bonds. The molecule has 0 radical (unpaired) electrons. The van der Waals surface area contributed by atoms with Crippen molar-refractivity contribution in [2.75, 3.05) is 11.9 Å². The average molecular weight is 221 g/mol. The fraction of sp³-hybridized carbons (Fsp3) is 0.545. The Bertz CT molecular complexity index is 402. The predicted molar refractivity (Wildman–Crippen MR) is 61.6 cm³/mol. The van der Waals surface area contributed by atoms with Gasteiger partial charge in [-0.15, -0.1) is 0 Å². The summed E-state index contributed by atoms with van der Waals surface area (Å²) in [5.41, 5.74) is 0.802. The number of anilines is 1. The molecule has 1 aliphatic carbocycles. The van der Waals surface area contributed by atoms with Crippen molar-refractivity contribution in [3.05, 3.63) is 27.9 Å². The van der Waals surface area contributed by atoms with Crippen LogP contribution in [0.2, 0.25) is 0 Å². The molecule has 1 aromatic rings. The fourth-order valence-electron chi connectivity index (χ4n) is 1.63. The Balaban J connectivity index is 2.25. The quantitative estimate of drug-likeness (QED) is 0.613. The summed E-state index contributed by atoms with van der Waals surface area (Å²) >= 11 is 0. The highest BCUT2D eigenvalue weighted by Gasteiger charge is 2.32. The summed E-state index contributed by atoms with van der Waals surface area (Å²) in [6.45, 7) is 2.91. The molecule has 1 aromatic heterocycles. The second kappa shape index (κ2) is 4.47. The largest absolute Gasteiger partial charge is 0.370 e. The summed E-state index contributed by atoms with van der Waals surface area (Å²) in [6, 6.07) is 3.23. The van der Waals surface area contributed by atoms with E-state index in [0.29, 0.717) is 11.6 Å². The molecule has 0 atom stereocenters. The molecule has 2 rings (SSSR count). The van der Waals surface area contributed by atoms with Crippen LogP contribution in [-0.2, 0) is 0 Å². The molecule has 1 saturated carbocycles. The average Bonchev–Trinajstić information content (AvgIpc) is 3.09. The van der Waals surface area contributed by atoms with Crippen LogP contribution in [0.5, 0.6) is 0 Å². The second-order valence-electron chi connectivity index (χ2n) is 4.06. The first kappa shape index (κ1) is 10.9. The van der Waals surface area contributed by atoms with Crippen LogP contribution in [0.15, 0.2) is 12.1 Å². The Morgan fingerprint density at radius 1 is 1.56 bits per heavy atom. The Kier molecular flexibility index (Phi) is 3.03. The molecule has 0 unspecified atom stereocenters. The molecule has 5 heteroatoms. The van der Waals surface area contributed by atoms with Gasteiger partial charge in [-0.25, -0.2) is 4.98 Å². The first-order chi connectivity index (χ1) is 7.72. The van der Waals surface area contributed by atoms with E-state index < -0.39 is 0 Å². The molecular weight excluding hydrogens is 206 g/mol. The van der Waals surface area contributed by atoms with Gasteiger partial charge in [-0.3, -0.25) is 10.1 Å². The third-order valence-electron chi connectivity index (χ3n) is 2.62. The number of aromatic nitrogens is 1. The first-order valence-electron chi connectivity index (χ1n) is 5.61. The van der Waals surface area contributed by atoms with Gasteiger partial charge >= 0.3 is 0 Å². The summed E-state index contributed by atoms with van der Waals surface area (Å²) in [7, 11) is 0. The topological polar surface area (TPSA) is 68.1 Å². The van der Waals surface area contributed by atoms with Crippen molar-refractivity contribution >= 4 is 11.5 Å². The van der Waals surface area contributed by atoms with Gasteiger partial charge in [0.05, 0.1) is 4.92 Å². The molecular formula is C11H15N3O2. The summed E-state index contributed by atoms with van der Waals surface area (Å²) in [5.74, 6) is 1.04. The Morgan fingerprint density at radius 2 is 2.31 bits per heavy atom. The van der Waals surface area contributed by atoms with Crippen LogP contribution in [0.3, 0.4) is 0 Å². The van der Waals surface area contributed by atoms with Crippen LogP contribution in [0.25, 0.3) is 0 Å².